The van der Waals surface area contributed by atoms with Gasteiger partial charge in [-0.3, -0.25) is 9.59 Å². The quantitative estimate of drug-likeness (QED) is 0.677. The summed E-state index contributed by atoms with van der Waals surface area (Å²) in [7, 11) is 0. The first-order chi connectivity index (χ1) is 10.7. The number of hydrogen-bond acceptors (Lipinski definition) is 3. The summed E-state index contributed by atoms with van der Waals surface area (Å²) in [4.78, 5) is 25.6. The molecular weight excluding hydrogens is 278 g/mol. The number of nitrogens with zero attached hydrogens (tertiary/aromatic N) is 2. The van der Waals surface area contributed by atoms with Crippen LogP contribution in [0.15, 0.2) is 36.4 Å². The maximum Gasteiger partial charge on any atom is 0.246 e. The number of rotatable bonds is 4. The molecule has 1 aromatic carbocycles. The molecule has 0 aliphatic carbocycles. The number of benzene rings is 1. The molecule has 1 fully saturated rings. The molecule has 0 saturated carbocycles. The van der Waals surface area contributed by atoms with Crippen molar-refractivity contribution in [2.24, 2.45) is 5.92 Å². The Morgan fingerprint density at radius 1 is 1.27 bits per heavy atom. The van der Waals surface area contributed by atoms with Crippen LogP contribution in [0.1, 0.15) is 18.4 Å². The van der Waals surface area contributed by atoms with E-state index in [0.717, 1.165) is 5.56 Å². The number of hydrogen-bond donors (Lipinski definition) is 1. The molecule has 1 heterocycles. The van der Waals surface area contributed by atoms with Gasteiger partial charge in [0.25, 0.3) is 0 Å². The minimum absolute atomic E-state index is 0.0280. The van der Waals surface area contributed by atoms with Crippen molar-refractivity contribution in [3.8, 4) is 6.07 Å². The molecule has 5 nitrogen and oxygen atoms in total. The van der Waals surface area contributed by atoms with E-state index in [2.05, 4.69) is 5.32 Å². The van der Waals surface area contributed by atoms with Crippen molar-refractivity contribution in [2.45, 2.75) is 12.8 Å². The first-order valence-electron chi connectivity index (χ1n) is 7.37. The Kier molecular flexibility index (Phi) is 5.73. The van der Waals surface area contributed by atoms with Crippen LogP contribution in [0, 0.1) is 17.2 Å². The van der Waals surface area contributed by atoms with Crippen LogP contribution in [-0.2, 0) is 9.59 Å². The summed E-state index contributed by atoms with van der Waals surface area (Å²) >= 11 is 0. The van der Waals surface area contributed by atoms with Crippen molar-refractivity contribution in [2.75, 3.05) is 19.6 Å². The van der Waals surface area contributed by atoms with E-state index in [1.807, 2.05) is 36.4 Å². The molecule has 2 rings (SSSR count). The average molecular weight is 297 g/mol. The van der Waals surface area contributed by atoms with E-state index in [1.165, 1.54) is 0 Å². The minimum atomic E-state index is -0.101. The third kappa shape index (κ3) is 4.45. The van der Waals surface area contributed by atoms with E-state index in [9.17, 15) is 9.59 Å². The summed E-state index contributed by atoms with van der Waals surface area (Å²) in [5, 5.41) is 11.0. The Labute approximate surface area is 130 Å². The largest absolute Gasteiger partial charge is 0.343 e. The van der Waals surface area contributed by atoms with Gasteiger partial charge in [0, 0.05) is 25.1 Å². The molecule has 1 saturated heterocycles. The van der Waals surface area contributed by atoms with E-state index >= 15 is 0 Å². The maximum atomic E-state index is 12.1. The van der Waals surface area contributed by atoms with Gasteiger partial charge in [-0.1, -0.05) is 30.3 Å². The Bertz CT molecular complexity index is 582. The van der Waals surface area contributed by atoms with Crippen molar-refractivity contribution < 1.29 is 9.59 Å². The second-order valence-corrected chi connectivity index (χ2v) is 5.22. The number of carbonyl (C=O) groups is 2. The summed E-state index contributed by atoms with van der Waals surface area (Å²) in [6.07, 6.45) is 4.66. The summed E-state index contributed by atoms with van der Waals surface area (Å²) in [5.74, 6) is -0.219. The number of piperidine rings is 1. The second kappa shape index (κ2) is 7.99. The normalized spacial score (nSPS) is 15.5. The molecule has 1 N–H and O–H groups in total. The summed E-state index contributed by atoms with van der Waals surface area (Å²) in [6, 6.07) is 11.6. The zero-order chi connectivity index (χ0) is 15.8. The first kappa shape index (κ1) is 15.8. The molecule has 114 valence electrons. The minimum Gasteiger partial charge on any atom is -0.343 e. The number of carbonyl (C=O) groups excluding carboxylic acids is 2. The van der Waals surface area contributed by atoms with Crippen molar-refractivity contribution in [1.82, 2.24) is 10.2 Å². The SMILES string of the molecule is N#CCNC(=O)C1CCN(C(=O)/C=C/c2ccccc2)CC1. The lowest BCUT2D eigenvalue weighted by Crippen LogP contribution is -2.42. The molecule has 0 unspecified atom stereocenters. The van der Waals surface area contributed by atoms with Crippen LogP contribution in [0.2, 0.25) is 0 Å². The van der Waals surface area contributed by atoms with E-state index in [-0.39, 0.29) is 24.3 Å². The molecular formula is C17H19N3O2. The molecule has 1 aliphatic heterocycles. The molecule has 1 aliphatic rings. The van der Waals surface area contributed by atoms with Gasteiger partial charge < -0.3 is 10.2 Å². The standard InChI is InChI=1S/C17H19N3O2/c18-10-11-19-17(22)15-8-12-20(13-9-15)16(21)7-6-14-4-2-1-3-5-14/h1-7,15H,8-9,11-13H2,(H,19,22)/b7-6+. The van der Waals surface area contributed by atoms with Crippen LogP contribution in [0.5, 0.6) is 0 Å². The van der Waals surface area contributed by atoms with Gasteiger partial charge in [0.1, 0.15) is 6.54 Å². The highest BCUT2D eigenvalue weighted by molar-refractivity contribution is 5.92. The molecule has 0 spiro atoms. The Morgan fingerprint density at radius 3 is 2.59 bits per heavy atom. The smallest absolute Gasteiger partial charge is 0.246 e. The predicted octanol–water partition coefficient (Wildman–Crippen LogP) is 1.58. The fourth-order valence-electron chi connectivity index (χ4n) is 2.47. The van der Waals surface area contributed by atoms with E-state index in [4.69, 9.17) is 5.26 Å². The van der Waals surface area contributed by atoms with E-state index < -0.39 is 0 Å². The van der Waals surface area contributed by atoms with Gasteiger partial charge in [0.2, 0.25) is 11.8 Å². The lowest BCUT2D eigenvalue weighted by Gasteiger charge is -2.30. The maximum absolute atomic E-state index is 12.1. The topological polar surface area (TPSA) is 73.2 Å². The monoisotopic (exact) mass is 297 g/mol. The van der Waals surface area contributed by atoms with E-state index in [1.54, 1.807) is 17.1 Å². The summed E-state index contributed by atoms with van der Waals surface area (Å²) < 4.78 is 0. The Hall–Kier alpha value is -2.61. The van der Waals surface area contributed by atoms with Crippen molar-refractivity contribution in [3.05, 3.63) is 42.0 Å². The average Bonchev–Trinajstić information content (AvgIpc) is 2.58. The van der Waals surface area contributed by atoms with Crippen molar-refractivity contribution >= 4 is 17.9 Å². The Morgan fingerprint density at radius 2 is 1.95 bits per heavy atom. The van der Waals surface area contributed by atoms with Crippen LogP contribution < -0.4 is 5.32 Å². The highest BCUT2D eigenvalue weighted by Gasteiger charge is 2.26. The zero-order valence-electron chi connectivity index (χ0n) is 12.4. The highest BCUT2D eigenvalue weighted by Crippen LogP contribution is 2.17. The molecule has 1 aromatic rings. The number of amides is 2. The highest BCUT2D eigenvalue weighted by atomic mass is 16.2. The van der Waals surface area contributed by atoms with Crippen LogP contribution in [0.25, 0.3) is 6.08 Å². The number of nitriles is 1. The van der Waals surface area contributed by atoms with Crippen LogP contribution >= 0.6 is 0 Å². The van der Waals surface area contributed by atoms with Crippen LogP contribution in [0.4, 0.5) is 0 Å². The van der Waals surface area contributed by atoms with Gasteiger partial charge in [-0.2, -0.15) is 5.26 Å². The van der Waals surface area contributed by atoms with Gasteiger partial charge in [0.05, 0.1) is 6.07 Å². The molecule has 22 heavy (non-hydrogen) atoms. The second-order valence-electron chi connectivity index (χ2n) is 5.22. The van der Waals surface area contributed by atoms with Crippen molar-refractivity contribution in [3.63, 3.8) is 0 Å². The molecule has 2 amide bonds. The molecule has 0 atom stereocenters. The third-order valence-electron chi connectivity index (χ3n) is 3.74. The number of nitrogens with one attached hydrogen (secondary N) is 1. The Balaban J connectivity index is 1.81. The van der Waals surface area contributed by atoms with Gasteiger partial charge in [-0.15, -0.1) is 0 Å². The third-order valence-corrected chi connectivity index (χ3v) is 3.74. The number of likely N-dealkylation sites (tertiary alicyclic amines) is 1. The van der Waals surface area contributed by atoms with Gasteiger partial charge >= 0.3 is 0 Å². The van der Waals surface area contributed by atoms with Gasteiger partial charge in [-0.25, -0.2) is 0 Å². The lowest BCUT2D eigenvalue weighted by molar-refractivity contribution is -0.132. The predicted molar refractivity (Wildman–Crippen MR) is 83.4 cm³/mol. The van der Waals surface area contributed by atoms with E-state index in [0.29, 0.717) is 25.9 Å². The zero-order valence-corrected chi connectivity index (χ0v) is 12.4. The van der Waals surface area contributed by atoms with Gasteiger partial charge in [0.15, 0.2) is 0 Å². The van der Waals surface area contributed by atoms with Crippen molar-refractivity contribution in [1.29, 1.82) is 5.26 Å². The van der Waals surface area contributed by atoms with Crippen LogP contribution in [0.3, 0.4) is 0 Å². The first-order valence-corrected chi connectivity index (χ1v) is 7.37. The molecule has 5 heteroatoms. The fraction of sp³-hybridized carbons (Fsp3) is 0.353. The summed E-state index contributed by atoms with van der Waals surface area (Å²) in [5.41, 5.74) is 0.988. The fourth-order valence-corrected chi connectivity index (χ4v) is 2.47. The molecule has 0 aromatic heterocycles. The summed E-state index contributed by atoms with van der Waals surface area (Å²) in [6.45, 7) is 1.18. The molecule has 0 radical (unpaired) electrons. The van der Waals surface area contributed by atoms with Gasteiger partial charge in [-0.05, 0) is 24.5 Å². The van der Waals surface area contributed by atoms with Crippen LogP contribution in [-0.4, -0.2) is 36.3 Å². The molecule has 0 bridgehead atoms. The lowest BCUT2D eigenvalue weighted by atomic mass is 9.96.